The van der Waals surface area contributed by atoms with Crippen LogP contribution in [-0.4, -0.2) is 56.8 Å². The fourth-order valence-corrected chi connectivity index (χ4v) is 3.38. The molecule has 1 unspecified atom stereocenters. The van der Waals surface area contributed by atoms with Gasteiger partial charge in [0, 0.05) is 37.4 Å². The molecule has 1 fully saturated rings. The minimum Gasteiger partial charge on any atom is -0.481 e. The van der Waals surface area contributed by atoms with Crippen LogP contribution in [-0.2, 0) is 16.6 Å². The van der Waals surface area contributed by atoms with Crippen LogP contribution in [0.4, 0.5) is 4.79 Å². The highest BCUT2D eigenvalue weighted by Gasteiger charge is 2.25. The van der Waals surface area contributed by atoms with Crippen molar-refractivity contribution in [3.05, 3.63) is 23.9 Å². The third-order valence-corrected chi connectivity index (χ3v) is 4.32. The molecular weight excluding hydrogens is 320 g/mol. The van der Waals surface area contributed by atoms with Crippen LogP contribution >= 0.6 is 0 Å². The lowest BCUT2D eigenvalue weighted by Gasteiger charge is -2.32. The van der Waals surface area contributed by atoms with Gasteiger partial charge in [0.25, 0.3) is 0 Å². The van der Waals surface area contributed by atoms with Crippen LogP contribution in [0.1, 0.15) is 18.4 Å². The molecule has 1 aromatic rings. The van der Waals surface area contributed by atoms with Gasteiger partial charge >= 0.3 is 6.03 Å². The summed E-state index contributed by atoms with van der Waals surface area (Å²) in [6.45, 7) is 1.28. The summed E-state index contributed by atoms with van der Waals surface area (Å²) in [7, 11) is -1.74. The van der Waals surface area contributed by atoms with Crippen molar-refractivity contribution in [2.75, 3.05) is 26.5 Å². The molecule has 2 rings (SSSR count). The Bertz CT molecular complexity index is 650. The minimum absolute atomic E-state index is 0.226. The van der Waals surface area contributed by atoms with E-state index in [1.807, 2.05) is 6.07 Å². The number of aromatic nitrogens is 1. The van der Waals surface area contributed by atoms with Gasteiger partial charge in [-0.25, -0.2) is 22.9 Å². The van der Waals surface area contributed by atoms with Crippen molar-refractivity contribution >= 4 is 16.1 Å². The standard InChI is InChI=1S/C14H22N4O4S/c1-22-13-11(5-3-7-15-13)9-16-14(19)18-8-4-6-12(10-18)17-23(2,20)21/h3,5,7,12,17H,4,6,8-10H2,1-2H3,(H,16,19). The first-order valence-corrected chi connectivity index (χ1v) is 9.26. The van der Waals surface area contributed by atoms with Crippen molar-refractivity contribution in [3.8, 4) is 5.88 Å². The molecule has 23 heavy (non-hydrogen) atoms. The topological polar surface area (TPSA) is 101 Å². The molecule has 8 nitrogen and oxygen atoms in total. The zero-order chi connectivity index (χ0) is 16.9. The van der Waals surface area contributed by atoms with Crippen molar-refractivity contribution < 1.29 is 17.9 Å². The number of carbonyl (C=O) groups is 1. The fourth-order valence-electron chi connectivity index (χ4n) is 2.59. The molecule has 2 N–H and O–H groups in total. The Hall–Kier alpha value is -1.87. The van der Waals surface area contributed by atoms with E-state index >= 15 is 0 Å². The van der Waals surface area contributed by atoms with E-state index < -0.39 is 10.0 Å². The van der Waals surface area contributed by atoms with Gasteiger partial charge in [0.1, 0.15) is 0 Å². The minimum atomic E-state index is -3.27. The number of amides is 2. The number of carbonyl (C=O) groups excluding carboxylic acids is 1. The third-order valence-electron chi connectivity index (χ3n) is 3.56. The maximum atomic E-state index is 12.3. The molecule has 0 saturated carbocycles. The molecular formula is C14H22N4O4S. The molecule has 1 aromatic heterocycles. The second-order valence-electron chi connectivity index (χ2n) is 5.51. The van der Waals surface area contributed by atoms with Crippen molar-refractivity contribution in [3.63, 3.8) is 0 Å². The van der Waals surface area contributed by atoms with Crippen LogP contribution in [0.25, 0.3) is 0 Å². The van der Waals surface area contributed by atoms with Gasteiger partial charge in [-0.3, -0.25) is 0 Å². The molecule has 2 amide bonds. The van der Waals surface area contributed by atoms with E-state index in [-0.39, 0.29) is 12.1 Å². The van der Waals surface area contributed by atoms with Gasteiger partial charge in [0.15, 0.2) is 0 Å². The number of nitrogens with one attached hydrogen (secondary N) is 2. The molecule has 9 heteroatoms. The summed E-state index contributed by atoms with van der Waals surface area (Å²) >= 11 is 0. The van der Waals surface area contributed by atoms with Gasteiger partial charge in [0.2, 0.25) is 15.9 Å². The smallest absolute Gasteiger partial charge is 0.317 e. The van der Waals surface area contributed by atoms with Gasteiger partial charge in [-0.15, -0.1) is 0 Å². The summed E-state index contributed by atoms with van der Waals surface area (Å²) in [5, 5.41) is 2.82. The number of ether oxygens (including phenoxy) is 1. The number of sulfonamides is 1. The van der Waals surface area contributed by atoms with Crippen LogP contribution in [0.15, 0.2) is 18.3 Å². The first kappa shape index (κ1) is 17.5. The lowest BCUT2D eigenvalue weighted by atomic mass is 10.1. The summed E-state index contributed by atoms with van der Waals surface area (Å²) in [6.07, 6.45) is 4.24. The molecule has 0 aromatic carbocycles. The summed E-state index contributed by atoms with van der Waals surface area (Å²) in [4.78, 5) is 18.0. The number of likely N-dealkylation sites (tertiary alicyclic amines) is 1. The van der Waals surface area contributed by atoms with E-state index in [2.05, 4.69) is 15.0 Å². The molecule has 1 saturated heterocycles. The van der Waals surface area contributed by atoms with E-state index in [1.165, 1.54) is 7.11 Å². The molecule has 0 spiro atoms. The maximum absolute atomic E-state index is 12.3. The fraction of sp³-hybridized carbons (Fsp3) is 0.571. The van der Waals surface area contributed by atoms with Crippen LogP contribution in [0.2, 0.25) is 0 Å². The highest BCUT2D eigenvalue weighted by atomic mass is 32.2. The van der Waals surface area contributed by atoms with Crippen LogP contribution < -0.4 is 14.8 Å². The lowest BCUT2D eigenvalue weighted by molar-refractivity contribution is 0.177. The van der Waals surface area contributed by atoms with Crippen molar-refractivity contribution in [2.45, 2.75) is 25.4 Å². The first-order valence-electron chi connectivity index (χ1n) is 7.37. The van der Waals surface area contributed by atoms with Crippen LogP contribution in [0.5, 0.6) is 5.88 Å². The van der Waals surface area contributed by atoms with E-state index in [4.69, 9.17) is 4.74 Å². The Morgan fingerprint density at radius 2 is 2.30 bits per heavy atom. The zero-order valence-corrected chi connectivity index (χ0v) is 14.1. The van der Waals surface area contributed by atoms with Crippen molar-refractivity contribution in [2.24, 2.45) is 0 Å². The van der Waals surface area contributed by atoms with E-state index in [0.29, 0.717) is 25.5 Å². The monoisotopic (exact) mass is 342 g/mol. The lowest BCUT2D eigenvalue weighted by Crippen LogP contribution is -2.51. The van der Waals surface area contributed by atoms with Gasteiger partial charge in [-0.2, -0.15) is 0 Å². The molecule has 0 aliphatic carbocycles. The average molecular weight is 342 g/mol. The first-order chi connectivity index (χ1) is 10.9. The van der Waals surface area contributed by atoms with Crippen molar-refractivity contribution in [1.29, 1.82) is 0 Å². The highest BCUT2D eigenvalue weighted by molar-refractivity contribution is 7.88. The number of rotatable bonds is 5. The highest BCUT2D eigenvalue weighted by Crippen LogP contribution is 2.14. The van der Waals surface area contributed by atoms with Crippen LogP contribution in [0, 0.1) is 0 Å². The van der Waals surface area contributed by atoms with Crippen molar-refractivity contribution in [1.82, 2.24) is 19.9 Å². The van der Waals surface area contributed by atoms with E-state index in [0.717, 1.165) is 24.7 Å². The number of urea groups is 1. The SMILES string of the molecule is COc1ncccc1CNC(=O)N1CCCC(NS(C)(=O)=O)C1. The van der Waals surface area contributed by atoms with E-state index in [1.54, 1.807) is 17.2 Å². The number of piperidine rings is 1. The Morgan fingerprint density at radius 1 is 1.52 bits per heavy atom. The van der Waals surface area contributed by atoms with E-state index in [9.17, 15) is 13.2 Å². The summed E-state index contributed by atoms with van der Waals surface area (Å²) in [6, 6.07) is 3.14. The predicted octanol–water partition coefficient (Wildman–Crippen LogP) is 0.313. The normalized spacial score (nSPS) is 18.5. The number of nitrogens with zero attached hydrogens (tertiary/aromatic N) is 2. The second-order valence-corrected chi connectivity index (χ2v) is 7.29. The molecule has 1 aliphatic rings. The Balaban J connectivity index is 1.90. The van der Waals surface area contributed by atoms with Gasteiger partial charge < -0.3 is 15.0 Å². The molecule has 2 heterocycles. The Labute approximate surface area is 136 Å². The molecule has 1 atom stereocenters. The average Bonchev–Trinajstić information content (AvgIpc) is 2.51. The summed E-state index contributed by atoms with van der Waals surface area (Å²) in [5.74, 6) is 0.475. The Kier molecular flexibility index (Phi) is 5.78. The maximum Gasteiger partial charge on any atom is 0.317 e. The third kappa shape index (κ3) is 5.36. The number of hydrogen-bond acceptors (Lipinski definition) is 5. The number of methoxy groups -OCH3 is 1. The Morgan fingerprint density at radius 3 is 3.00 bits per heavy atom. The molecule has 128 valence electrons. The van der Waals surface area contributed by atoms with Gasteiger partial charge in [-0.05, 0) is 18.9 Å². The zero-order valence-electron chi connectivity index (χ0n) is 13.3. The predicted molar refractivity (Wildman–Crippen MR) is 85.6 cm³/mol. The number of hydrogen-bond donors (Lipinski definition) is 2. The van der Waals surface area contributed by atoms with Gasteiger partial charge in [0.05, 0.1) is 13.4 Å². The molecule has 0 bridgehead atoms. The summed E-state index contributed by atoms with van der Waals surface area (Å²) < 4.78 is 30.3. The second kappa shape index (κ2) is 7.60. The largest absolute Gasteiger partial charge is 0.481 e. The quantitative estimate of drug-likeness (QED) is 0.802. The van der Waals surface area contributed by atoms with Gasteiger partial charge in [-0.1, -0.05) is 6.07 Å². The number of pyridine rings is 1. The van der Waals surface area contributed by atoms with Crippen LogP contribution in [0.3, 0.4) is 0 Å². The summed E-state index contributed by atoms with van der Waals surface area (Å²) in [5.41, 5.74) is 0.783. The molecule has 0 radical (unpaired) electrons. The molecule has 1 aliphatic heterocycles.